The van der Waals surface area contributed by atoms with Crippen molar-refractivity contribution in [2.24, 2.45) is 0 Å². The normalized spacial score (nSPS) is 10.2. The van der Waals surface area contributed by atoms with Crippen LogP contribution in [-0.2, 0) is 9.53 Å². The molecule has 0 aromatic carbocycles. The molecule has 0 bridgehead atoms. The minimum Gasteiger partial charge on any atom is -0.468 e. The summed E-state index contributed by atoms with van der Waals surface area (Å²) in [6.45, 7) is 3.63. The lowest BCUT2D eigenvalue weighted by molar-refractivity contribution is -0.141. The van der Waals surface area contributed by atoms with E-state index in [9.17, 15) is 9.59 Å². The van der Waals surface area contributed by atoms with Gasteiger partial charge in [-0.15, -0.1) is 11.3 Å². The van der Waals surface area contributed by atoms with Crippen LogP contribution in [0.2, 0.25) is 0 Å². The quantitative estimate of drug-likeness (QED) is 0.743. The van der Waals surface area contributed by atoms with Gasteiger partial charge >= 0.3 is 5.97 Å². The van der Waals surface area contributed by atoms with Crippen LogP contribution in [0, 0.1) is 0 Å². The number of thiazole rings is 1. The second kappa shape index (κ2) is 5.60. The first-order valence-corrected chi connectivity index (χ1v) is 5.76. The van der Waals surface area contributed by atoms with Crippen molar-refractivity contribution >= 4 is 23.2 Å². The van der Waals surface area contributed by atoms with Gasteiger partial charge in [0.2, 0.25) is 0 Å². The second-order valence-electron chi connectivity index (χ2n) is 3.48. The van der Waals surface area contributed by atoms with Crippen molar-refractivity contribution in [2.75, 3.05) is 13.7 Å². The molecule has 0 saturated carbocycles. The summed E-state index contributed by atoms with van der Waals surface area (Å²) in [5.74, 6) is -0.682. The van der Waals surface area contributed by atoms with E-state index in [1.54, 1.807) is 10.9 Å². The van der Waals surface area contributed by atoms with Crippen LogP contribution in [0.15, 0.2) is 10.9 Å². The van der Waals surface area contributed by atoms with E-state index in [4.69, 9.17) is 0 Å². The molecule has 0 spiro atoms. The molecule has 1 heterocycles. The van der Waals surface area contributed by atoms with Crippen LogP contribution in [0.5, 0.6) is 0 Å². The number of amides is 1. The summed E-state index contributed by atoms with van der Waals surface area (Å²) in [6, 6.07) is -0.0756. The highest BCUT2D eigenvalue weighted by molar-refractivity contribution is 7.07. The van der Waals surface area contributed by atoms with E-state index in [1.165, 1.54) is 23.3 Å². The molecule has 0 saturated heterocycles. The van der Waals surface area contributed by atoms with E-state index >= 15 is 0 Å². The van der Waals surface area contributed by atoms with Crippen molar-refractivity contribution in [2.45, 2.75) is 19.9 Å². The van der Waals surface area contributed by atoms with Gasteiger partial charge in [-0.1, -0.05) is 0 Å². The van der Waals surface area contributed by atoms with E-state index in [0.29, 0.717) is 5.69 Å². The summed E-state index contributed by atoms with van der Waals surface area (Å²) in [5, 5.41) is 1.66. The minimum atomic E-state index is -0.433. The molecule has 1 amide bonds. The van der Waals surface area contributed by atoms with Gasteiger partial charge in [0, 0.05) is 11.4 Å². The fourth-order valence-electron chi connectivity index (χ4n) is 1.16. The molecule has 0 aliphatic carbocycles. The van der Waals surface area contributed by atoms with Crippen LogP contribution in [0.4, 0.5) is 0 Å². The number of rotatable bonds is 4. The highest BCUT2D eigenvalue weighted by Gasteiger charge is 2.22. The van der Waals surface area contributed by atoms with Gasteiger partial charge in [0.1, 0.15) is 12.2 Å². The molecule has 0 atom stereocenters. The largest absolute Gasteiger partial charge is 0.468 e. The number of aromatic nitrogens is 1. The zero-order valence-corrected chi connectivity index (χ0v) is 10.3. The van der Waals surface area contributed by atoms with Crippen LogP contribution in [0.25, 0.3) is 0 Å². The maximum Gasteiger partial charge on any atom is 0.325 e. The van der Waals surface area contributed by atoms with Gasteiger partial charge in [0.25, 0.3) is 5.91 Å². The van der Waals surface area contributed by atoms with Crippen LogP contribution < -0.4 is 0 Å². The molecule has 1 rings (SSSR count). The van der Waals surface area contributed by atoms with Gasteiger partial charge in [0.05, 0.1) is 12.6 Å². The highest BCUT2D eigenvalue weighted by atomic mass is 32.1. The standard InChI is InChI=1S/C10H14N2O3S/c1-7(2)12(4-9(13)15-3)10(14)8-5-16-6-11-8/h5-7H,4H2,1-3H3. The summed E-state index contributed by atoms with van der Waals surface area (Å²) in [5.41, 5.74) is 1.95. The van der Waals surface area contributed by atoms with Crippen molar-refractivity contribution in [1.82, 2.24) is 9.88 Å². The Labute approximate surface area is 98.0 Å². The van der Waals surface area contributed by atoms with Gasteiger partial charge < -0.3 is 9.64 Å². The van der Waals surface area contributed by atoms with Crippen molar-refractivity contribution in [3.63, 3.8) is 0 Å². The molecular weight excluding hydrogens is 228 g/mol. The SMILES string of the molecule is COC(=O)CN(C(=O)c1cscn1)C(C)C. The van der Waals surface area contributed by atoms with Crippen molar-refractivity contribution in [3.05, 3.63) is 16.6 Å². The predicted molar refractivity (Wildman–Crippen MR) is 60.3 cm³/mol. The molecule has 0 radical (unpaired) electrons. The molecule has 6 heteroatoms. The fraction of sp³-hybridized carbons (Fsp3) is 0.500. The van der Waals surface area contributed by atoms with Crippen LogP contribution in [0.1, 0.15) is 24.3 Å². The molecule has 16 heavy (non-hydrogen) atoms. The average molecular weight is 242 g/mol. The molecule has 88 valence electrons. The Hall–Kier alpha value is -1.43. The molecular formula is C10H14N2O3S. The number of ether oxygens (including phenoxy) is 1. The first-order valence-electron chi connectivity index (χ1n) is 4.82. The van der Waals surface area contributed by atoms with Crippen LogP contribution in [-0.4, -0.2) is 41.5 Å². The second-order valence-corrected chi connectivity index (χ2v) is 4.20. The van der Waals surface area contributed by atoms with Crippen molar-refractivity contribution in [3.8, 4) is 0 Å². The Morgan fingerprint density at radius 1 is 1.56 bits per heavy atom. The molecule has 0 N–H and O–H groups in total. The summed E-state index contributed by atoms with van der Waals surface area (Å²) < 4.78 is 4.55. The van der Waals surface area contributed by atoms with Gasteiger partial charge in [0.15, 0.2) is 0 Å². The molecule has 0 aliphatic rings. The van der Waals surface area contributed by atoms with Gasteiger partial charge in [-0.05, 0) is 13.8 Å². The monoisotopic (exact) mass is 242 g/mol. The Morgan fingerprint density at radius 2 is 2.25 bits per heavy atom. The first-order chi connectivity index (χ1) is 7.56. The lowest BCUT2D eigenvalue weighted by Crippen LogP contribution is -2.41. The zero-order chi connectivity index (χ0) is 12.1. The molecule has 1 aromatic rings. The number of methoxy groups -OCH3 is 1. The topological polar surface area (TPSA) is 59.5 Å². The first kappa shape index (κ1) is 12.6. The zero-order valence-electron chi connectivity index (χ0n) is 9.47. The fourth-order valence-corrected chi connectivity index (χ4v) is 1.68. The van der Waals surface area contributed by atoms with E-state index in [1.807, 2.05) is 13.8 Å². The van der Waals surface area contributed by atoms with Gasteiger partial charge in [-0.25, -0.2) is 4.98 Å². The highest BCUT2D eigenvalue weighted by Crippen LogP contribution is 2.09. The number of nitrogens with zero attached hydrogens (tertiary/aromatic N) is 2. The average Bonchev–Trinajstić information content (AvgIpc) is 2.77. The predicted octanol–water partition coefficient (Wildman–Crippen LogP) is 1.17. The minimum absolute atomic E-state index is 0.0511. The van der Waals surface area contributed by atoms with Crippen molar-refractivity contribution < 1.29 is 14.3 Å². The number of hydrogen-bond acceptors (Lipinski definition) is 5. The number of hydrogen-bond donors (Lipinski definition) is 0. The van der Waals surface area contributed by atoms with E-state index in [-0.39, 0.29) is 18.5 Å². The Morgan fingerprint density at radius 3 is 2.69 bits per heavy atom. The van der Waals surface area contributed by atoms with E-state index in [2.05, 4.69) is 9.72 Å². The third-order valence-electron chi connectivity index (χ3n) is 2.06. The third-order valence-corrected chi connectivity index (χ3v) is 2.65. The third kappa shape index (κ3) is 3.03. The maximum absolute atomic E-state index is 12.0. The lowest BCUT2D eigenvalue weighted by atomic mass is 10.3. The summed E-state index contributed by atoms with van der Waals surface area (Å²) in [4.78, 5) is 28.5. The lowest BCUT2D eigenvalue weighted by Gasteiger charge is -2.24. The summed E-state index contributed by atoms with van der Waals surface area (Å²) in [7, 11) is 1.30. The van der Waals surface area contributed by atoms with Crippen LogP contribution in [0.3, 0.4) is 0 Å². The number of carbonyl (C=O) groups is 2. The van der Waals surface area contributed by atoms with Gasteiger partial charge in [-0.2, -0.15) is 0 Å². The maximum atomic E-state index is 12.0. The number of esters is 1. The van der Waals surface area contributed by atoms with Gasteiger partial charge in [-0.3, -0.25) is 9.59 Å². The molecule has 0 aliphatic heterocycles. The Kier molecular flexibility index (Phi) is 4.42. The molecule has 0 fully saturated rings. The summed E-state index contributed by atoms with van der Waals surface area (Å²) >= 11 is 1.35. The Bertz CT molecular complexity index is 362. The smallest absolute Gasteiger partial charge is 0.325 e. The number of carbonyl (C=O) groups excluding carboxylic acids is 2. The summed E-state index contributed by atoms with van der Waals surface area (Å²) in [6.07, 6.45) is 0. The van der Waals surface area contributed by atoms with Crippen LogP contribution >= 0.6 is 11.3 Å². The molecule has 1 aromatic heterocycles. The Balaban J connectivity index is 2.78. The van der Waals surface area contributed by atoms with Crippen molar-refractivity contribution in [1.29, 1.82) is 0 Å². The molecule has 5 nitrogen and oxygen atoms in total. The van der Waals surface area contributed by atoms with E-state index in [0.717, 1.165) is 0 Å². The van der Waals surface area contributed by atoms with E-state index < -0.39 is 5.97 Å². The molecule has 0 unspecified atom stereocenters.